The Hall–Kier alpha value is -2.14. The van der Waals surface area contributed by atoms with Crippen molar-refractivity contribution in [3.05, 3.63) is 24.8 Å². The minimum Gasteiger partial charge on any atom is -0.387 e. The van der Waals surface area contributed by atoms with Crippen molar-refractivity contribution in [2.24, 2.45) is 5.73 Å². The van der Waals surface area contributed by atoms with Gasteiger partial charge in [-0.1, -0.05) is 12.2 Å². The van der Waals surface area contributed by atoms with Crippen LogP contribution in [0.4, 0.5) is 10.2 Å². The van der Waals surface area contributed by atoms with Gasteiger partial charge in [0.15, 0.2) is 23.9 Å². The van der Waals surface area contributed by atoms with E-state index in [1.54, 1.807) is 0 Å². The van der Waals surface area contributed by atoms with Crippen LogP contribution in [0, 0.1) is 0 Å². The number of likely N-dealkylation sites (N-methyl/N-ethyl adjacent to an activating group) is 1. The summed E-state index contributed by atoms with van der Waals surface area (Å²) in [6, 6.07) is 0. The molecule has 136 valence electrons. The van der Waals surface area contributed by atoms with E-state index in [2.05, 4.69) is 15.0 Å². The standard InChI is InChI=1S/C15H22FN7O2/c1-22(5-3-2-4-17)6-9-12(24)10(16)15(25-9)23-8-21-11-13(18)19-7-20-14(11)23/h2-3,7-10,12,15,24H,4-6,17H2,1H3,(H2,18,19,20)/t9-,10-,12-,15-/m1/s1. The monoisotopic (exact) mass is 351 g/mol. The predicted octanol–water partition coefficient (Wildman–Crippen LogP) is -0.548. The first-order chi connectivity index (χ1) is 12.0. The second-order valence-corrected chi connectivity index (χ2v) is 6.01. The summed E-state index contributed by atoms with van der Waals surface area (Å²) in [6.45, 7) is 1.46. The SMILES string of the molecule is CN(CC=CCN)C[C@H]1O[C@@H](n2cnc3c(N)ncnc32)[C@H](F)[C@@H]1O. The van der Waals surface area contributed by atoms with Crippen LogP contribution in [0.15, 0.2) is 24.8 Å². The lowest BCUT2D eigenvalue weighted by Crippen LogP contribution is -2.37. The molecule has 9 nitrogen and oxygen atoms in total. The van der Waals surface area contributed by atoms with Gasteiger partial charge in [-0.05, 0) is 7.05 Å². The molecule has 25 heavy (non-hydrogen) atoms. The van der Waals surface area contributed by atoms with E-state index in [1.807, 2.05) is 24.1 Å². The quantitative estimate of drug-likeness (QED) is 0.592. The van der Waals surface area contributed by atoms with Crippen molar-refractivity contribution in [3.8, 4) is 0 Å². The van der Waals surface area contributed by atoms with Gasteiger partial charge in [-0.15, -0.1) is 0 Å². The smallest absolute Gasteiger partial charge is 0.173 e. The van der Waals surface area contributed by atoms with Gasteiger partial charge < -0.3 is 26.2 Å². The molecule has 0 unspecified atom stereocenters. The van der Waals surface area contributed by atoms with Gasteiger partial charge in [-0.2, -0.15) is 0 Å². The summed E-state index contributed by atoms with van der Waals surface area (Å²) in [5.41, 5.74) is 11.9. The third kappa shape index (κ3) is 3.47. The number of aliphatic hydroxyl groups is 1. The largest absolute Gasteiger partial charge is 0.387 e. The van der Waals surface area contributed by atoms with E-state index < -0.39 is 24.6 Å². The summed E-state index contributed by atoms with van der Waals surface area (Å²) >= 11 is 0. The average molecular weight is 351 g/mol. The Balaban J connectivity index is 1.75. The summed E-state index contributed by atoms with van der Waals surface area (Å²) in [7, 11) is 1.86. The molecule has 0 spiro atoms. The molecule has 1 aliphatic heterocycles. The van der Waals surface area contributed by atoms with Crippen molar-refractivity contribution in [1.29, 1.82) is 0 Å². The van der Waals surface area contributed by atoms with Crippen molar-refractivity contribution in [2.45, 2.75) is 24.6 Å². The Morgan fingerprint density at radius 3 is 2.96 bits per heavy atom. The molecule has 10 heteroatoms. The van der Waals surface area contributed by atoms with Crippen molar-refractivity contribution in [2.75, 3.05) is 32.4 Å². The molecule has 2 aromatic rings. The third-order valence-corrected chi connectivity index (χ3v) is 4.17. The molecule has 0 amide bonds. The van der Waals surface area contributed by atoms with Gasteiger partial charge in [0, 0.05) is 19.6 Å². The first kappa shape index (κ1) is 17.7. The number of rotatable bonds is 6. The van der Waals surface area contributed by atoms with E-state index in [9.17, 15) is 9.50 Å². The van der Waals surface area contributed by atoms with Crippen LogP contribution in [-0.4, -0.2) is 74.6 Å². The van der Waals surface area contributed by atoms with Crippen LogP contribution in [-0.2, 0) is 4.74 Å². The zero-order valence-electron chi connectivity index (χ0n) is 13.9. The molecule has 0 bridgehead atoms. The fourth-order valence-electron chi connectivity index (χ4n) is 2.87. The molecule has 0 radical (unpaired) electrons. The van der Waals surface area contributed by atoms with Gasteiger partial charge in [-0.3, -0.25) is 4.57 Å². The molecular formula is C15H22FN7O2. The zero-order valence-corrected chi connectivity index (χ0v) is 13.9. The van der Waals surface area contributed by atoms with Gasteiger partial charge in [0.2, 0.25) is 0 Å². The van der Waals surface area contributed by atoms with Gasteiger partial charge in [0.1, 0.15) is 24.1 Å². The number of nitrogens with two attached hydrogens (primary N) is 2. The van der Waals surface area contributed by atoms with Gasteiger partial charge in [0.25, 0.3) is 0 Å². The highest BCUT2D eigenvalue weighted by Crippen LogP contribution is 2.34. The Morgan fingerprint density at radius 2 is 2.20 bits per heavy atom. The number of imidazole rings is 1. The van der Waals surface area contributed by atoms with Crippen molar-refractivity contribution >= 4 is 17.0 Å². The molecule has 0 saturated carbocycles. The van der Waals surface area contributed by atoms with Crippen LogP contribution < -0.4 is 11.5 Å². The maximum atomic E-state index is 14.6. The van der Waals surface area contributed by atoms with Crippen LogP contribution in [0.3, 0.4) is 0 Å². The fraction of sp³-hybridized carbons (Fsp3) is 0.533. The molecule has 5 N–H and O–H groups in total. The number of halogens is 1. The molecule has 1 aliphatic rings. The molecule has 0 aliphatic carbocycles. The van der Waals surface area contributed by atoms with Crippen LogP contribution in [0.5, 0.6) is 0 Å². The lowest BCUT2D eigenvalue weighted by Gasteiger charge is -2.21. The molecular weight excluding hydrogens is 329 g/mol. The number of aromatic nitrogens is 4. The number of anilines is 1. The van der Waals surface area contributed by atoms with Gasteiger partial charge in [-0.25, -0.2) is 19.3 Å². The van der Waals surface area contributed by atoms with Crippen LogP contribution >= 0.6 is 0 Å². The third-order valence-electron chi connectivity index (χ3n) is 4.17. The van der Waals surface area contributed by atoms with E-state index >= 15 is 0 Å². The normalized spacial score (nSPS) is 27.1. The minimum atomic E-state index is -1.61. The summed E-state index contributed by atoms with van der Waals surface area (Å²) in [4.78, 5) is 14.0. The Bertz CT molecular complexity index is 753. The molecule has 4 atom stereocenters. The Morgan fingerprint density at radius 1 is 1.40 bits per heavy atom. The first-order valence-corrected chi connectivity index (χ1v) is 7.97. The molecule has 1 fully saturated rings. The maximum Gasteiger partial charge on any atom is 0.173 e. The highest BCUT2D eigenvalue weighted by atomic mass is 19.1. The fourth-order valence-corrected chi connectivity index (χ4v) is 2.87. The van der Waals surface area contributed by atoms with Crippen molar-refractivity contribution < 1.29 is 14.2 Å². The molecule has 3 heterocycles. The minimum absolute atomic E-state index is 0.209. The summed E-state index contributed by atoms with van der Waals surface area (Å²) in [6.07, 6.45) is 1.88. The van der Waals surface area contributed by atoms with E-state index in [0.29, 0.717) is 30.8 Å². The molecule has 3 rings (SSSR count). The van der Waals surface area contributed by atoms with Crippen LogP contribution in [0.25, 0.3) is 11.2 Å². The molecule has 1 saturated heterocycles. The Kier molecular flexibility index (Phi) is 5.23. The molecule has 0 aromatic carbocycles. The topological polar surface area (TPSA) is 128 Å². The maximum absolute atomic E-state index is 14.6. The lowest BCUT2D eigenvalue weighted by atomic mass is 10.1. The highest BCUT2D eigenvalue weighted by Gasteiger charge is 2.45. The van der Waals surface area contributed by atoms with E-state index in [0.717, 1.165) is 0 Å². The number of aliphatic hydroxyl groups excluding tert-OH is 1. The summed E-state index contributed by atoms with van der Waals surface area (Å²) < 4.78 is 21.8. The second-order valence-electron chi connectivity index (χ2n) is 6.01. The van der Waals surface area contributed by atoms with Gasteiger partial charge >= 0.3 is 0 Å². The number of ether oxygens (including phenoxy) is 1. The van der Waals surface area contributed by atoms with E-state index in [1.165, 1.54) is 17.2 Å². The number of hydrogen-bond donors (Lipinski definition) is 3. The number of nitrogens with zero attached hydrogens (tertiary/aromatic N) is 5. The first-order valence-electron chi connectivity index (χ1n) is 7.97. The number of alkyl halides is 1. The predicted molar refractivity (Wildman–Crippen MR) is 90.2 cm³/mol. The highest BCUT2D eigenvalue weighted by molar-refractivity contribution is 5.81. The number of hydrogen-bond acceptors (Lipinski definition) is 8. The van der Waals surface area contributed by atoms with Crippen molar-refractivity contribution in [3.63, 3.8) is 0 Å². The number of fused-ring (bicyclic) bond motifs is 1. The van der Waals surface area contributed by atoms with E-state index in [4.69, 9.17) is 16.2 Å². The average Bonchev–Trinajstić information content (AvgIpc) is 3.13. The second kappa shape index (κ2) is 7.40. The van der Waals surface area contributed by atoms with Gasteiger partial charge in [0.05, 0.1) is 6.33 Å². The molecule has 2 aromatic heterocycles. The summed E-state index contributed by atoms with van der Waals surface area (Å²) in [5.74, 6) is 0.209. The number of nitrogen functional groups attached to an aromatic ring is 1. The van der Waals surface area contributed by atoms with E-state index in [-0.39, 0.29) is 5.82 Å². The summed E-state index contributed by atoms with van der Waals surface area (Å²) in [5, 5.41) is 10.2. The van der Waals surface area contributed by atoms with Crippen LogP contribution in [0.1, 0.15) is 6.23 Å². The van der Waals surface area contributed by atoms with Crippen molar-refractivity contribution in [1.82, 2.24) is 24.4 Å². The zero-order chi connectivity index (χ0) is 18.0. The Labute approximate surface area is 144 Å². The lowest BCUT2D eigenvalue weighted by molar-refractivity contribution is -0.0330. The van der Waals surface area contributed by atoms with Crippen LogP contribution in [0.2, 0.25) is 0 Å².